The fraction of sp³-hybridized carbons (Fsp3) is 0.176. The van der Waals surface area contributed by atoms with Crippen LogP contribution in [0.2, 0.25) is 0 Å². The third kappa shape index (κ3) is 2.40. The second-order valence-corrected chi connectivity index (χ2v) is 5.14. The van der Waals surface area contributed by atoms with Crippen LogP contribution in [0, 0.1) is 0 Å². The molecule has 0 amide bonds. The molecule has 20 heavy (non-hydrogen) atoms. The van der Waals surface area contributed by atoms with Gasteiger partial charge in [0, 0.05) is 35.4 Å². The molecule has 0 spiro atoms. The highest BCUT2D eigenvalue weighted by atomic mass is 15.2. The van der Waals surface area contributed by atoms with E-state index in [0.29, 0.717) is 0 Å². The normalized spacial score (nSPS) is 12.5. The lowest BCUT2D eigenvalue weighted by Gasteiger charge is -2.26. The van der Waals surface area contributed by atoms with Crippen molar-refractivity contribution in [3.8, 4) is 0 Å². The lowest BCUT2D eigenvalue weighted by molar-refractivity contribution is 0.735. The van der Waals surface area contributed by atoms with Gasteiger partial charge in [0.2, 0.25) is 0 Å². The lowest BCUT2D eigenvalue weighted by atomic mass is 10.2. The van der Waals surface area contributed by atoms with Gasteiger partial charge in [-0.1, -0.05) is 36.4 Å². The Morgan fingerprint density at radius 1 is 1.05 bits per heavy atom. The summed E-state index contributed by atoms with van der Waals surface area (Å²) >= 11 is 0. The third-order valence-corrected chi connectivity index (χ3v) is 3.40. The third-order valence-electron chi connectivity index (χ3n) is 3.40. The van der Waals surface area contributed by atoms with Crippen LogP contribution in [0.4, 0.5) is 11.4 Å². The average molecular weight is 265 g/mol. The summed E-state index contributed by atoms with van der Waals surface area (Å²) in [4.78, 5) is 5.60. The largest absolute Gasteiger partial charge is 0.359 e. The summed E-state index contributed by atoms with van der Waals surface area (Å²) in [5.74, 6) is 0. The van der Waals surface area contributed by atoms with Crippen molar-refractivity contribution in [2.24, 2.45) is 5.73 Å². The second kappa shape index (κ2) is 5.39. The van der Waals surface area contributed by atoms with E-state index in [0.717, 1.165) is 17.7 Å². The van der Waals surface area contributed by atoms with Gasteiger partial charge in [-0.3, -0.25) is 0 Å². The number of nitrogens with zero attached hydrogens (tertiary/aromatic N) is 1. The maximum absolute atomic E-state index is 6.03. The molecule has 102 valence electrons. The van der Waals surface area contributed by atoms with Gasteiger partial charge in [0.05, 0.1) is 5.69 Å². The fourth-order valence-corrected chi connectivity index (χ4v) is 2.52. The Balaban J connectivity index is 2.09. The molecule has 3 N–H and O–H groups in total. The van der Waals surface area contributed by atoms with Crippen molar-refractivity contribution in [2.75, 3.05) is 11.4 Å². The molecule has 0 aliphatic carbocycles. The summed E-state index contributed by atoms with van der Waals surface area (Å²) in [5.41, 5.74) is 9.51. The van der Waals surface area contributed by atoms with Crippen molar-refractivity contribution in [2.45, 2.75) is 13.0 Å². The van der Waals surface area contributed by atoms with Crippen molar-refractivity contribution in [1.29, 1.82) is 0 Å². The zero-order valence-corrected chi connectivity index (χ0v) is 11.6. The number of fused-ring (bicyclic) bond motifs is 1. The van der Waals surface area contributed by atoms with Crippen LogP contribution in [0.1, 0.15) is 6.92 Å². The standard InChI is InChI=1S/C17H19N3/c1-13(18)12-20(14-7-3-2-4-8-14)17-11-19-16-10-6-5-9-15(16)17/h2-11,13,19H,12,18H2,1H3. The number of nitrogens with one attached hydrogen (secondary N) is 1. The van der Waals surface area contributed by atoms with Crippen molar-refractivity contribution in [3.63, 3.8) is 0 Å². The van der Waals surface area contributed by atoms with Crippen LogP contribution in [0.5, 0.6) is 0 Å². The minimum absolute atomic E-state index is 0.101. The lowest BCUT2D eigenvalue weighted by Crippen LogP contribution is -2.32. The molecule has 0 fully saturated rings. The van der Waals surface area contributed by atoms with E-state index in [1.54, 1.807) is 0 Å². The highest BCUT2D eigenvalue weighted by Gasteiger charge is 2.14. The van der Waals surface area contributed by atoms with Crippen molar-refractivity contribution >= 4 is 22.3 Å². The Kier molecular flexibility index (Phi) is 3.44. The molecule has 3 rings (SSSR count). The predicted molar refractivity (Wildman–Crippen MR) is 85.4 cm³/mol. The number of anilines is 2. The highest BCUT2D eigenvalue weighted by molar-refractivity contribution is 5.94. The molecule has 0 aliphatic heterocycles. The first kappa shape index (κ1) is 12.8. The molecule has 1 aromatic heterocycles. The zero-order chi connectivity index (χ0) is 13.9. The molecule has 0 aliphatic rings. The maximum atomic E-state index is 6.03. The number of nitrogens with two attached hydrogens (primary N) is 1. The predicted octanol–water partition coefficient (Wildman–Crippen LogP) is 3.65. The molecule has 2 aromatic carbocycles. The summed E-state index contributed by atoms with van der Waals surface area (Å²) in [7, 11) is 0. The zero-order valence-electron chi connectivity index (χ0n) is 11.6. The van der Waals surface area contributed by atoms with E-state index >= 15 is 0 Å². The monoisotopic (exact) mass is 265 g/mol. The van der Waals surface area contributed by atoms with Crippen LogP contribution in [0.3, 0.4) is 0 Å². The molecule has 0 saturated carbocycles. The number of aromatic nitrogens is 1. The van der Waals surface area contributed by atoms with Crippen LogP contribution < -0.4 is 10.6 Å². The molecule has 1 unspecified atom stereocenters. The molecule has 1 heterocycles. The summed E-state index contributed by atoms with van der Waals surface area (Å²) in [6.45, 7) is 2.82. The summed E-state index contributed by atoms with van der Waals surface area (Å²) in [5, 5.41) is 1.22. The van der Waals surface area contributed by atoms with Gasteiger partial charge >= 0.3 is 0 Å². The van der Waals surface area contributed by atoms with E-state index in [9.17, 15) is 0 Å². The van der Waals surface area contributed by atoms with E-state index < -0.39 is 0 Å². The van der Waals surface area contributed by atoms with Gasteiger partial charge in [0.15, 0.2) is 0 Å². The molecule has 0 saturated heterocycles. The molecule has 3 aromatic rings. The number of hydrogen-bond donors (Lipinski definition) is 2. The van der Waals surface area contributed by atoms with Gasteiger partial charge in [-0.05, 0) is 25.1 Å². The van der Waals surface area contributed by atoms with Gasteiger partial charge in [-0.2, -0.15) is 0 Å². The summed E-state index contributed by atoms with van der Waals surface area (Å²) in [6.07, 6.45) is 2.06. The Labute approximate surface area is 119 Å². The first-order chi connectivity index (χ1) is 9.75. The number of para-hydroxylation sites is 2. The topological polar surface area (TPSA) is 45.0 Å². The van der Waals surface area contributed by atoms with Gasteiger partial charge in [0.25, 0.3) is 0 Å². The van der Waals surface area contributed by atoms with Crippen molar-refractivity contribution in [1.82, 2.24) is 4.98 Å². The number of rotatable bonds is 4. The number of hydrogen-bond acceptors (Lipinski definition) is 2. The summed E-state index contributed by atoms with van der Waals surface area (Å²) < 4.78 is 0. The first-order valence-corrected chi connectivity index (χ1v) is 6.90. The van der Waals surface area contributed by atoms with Crippen LogP contribution >= 0.6 is 0 Å². The van der Waals surface area contributed by atoms with E-state index in [1.165, 1.54) is 11.1 Å². The quantitative estimate of drug-likeness (QED) is 0.756. The maximum Gasteiger partial charge on any atom is 0.0668 e. The minimum Gasteiger partial charge on any atom is -0.359 e. The van der Waals surface area contributed by atoms with E-state index in [2.05, 4.69) is 58.5 Å². The van der Waals surface area contributed by atoms with Crippen LogP contribution in [0.15, 0.2) is 60.8 Å². The number of H-pyrrole nitrogens is 1. The van der Waals surface area contributed by atoms with Gasteiger partial charge in [-0.15, -0.1) is 0 Å². The van der Waals surface area contributed by atoms with E-state index in [4.69, 9.17) is 5.73 Å². The van der Waals surface area contributed by atoms with Crippen LogP contribution in [-0.4, -0.2) is 17.6 Å². The molecular weight excluding hydrogens is 246 g/mol. The number of benzene rings is 2. The summed E-state index contributed by atoms with van der Waals surface area (Å²) in [6, 6.07) is 18.8. The highest BCUT2D eigenvalue weighted by Crippen LogP contribution is 2.32. The molecule has 3 heteroatoms. The minimum atomic E-state index is 0.101. The fourth-order valence-electron chi connectivity index (χ4n) is 2.52. The van der Waals surface area contributed by atoms with Crippen LogP contribution in [-0.2, 0) is 0 Å². The van der Waals surface area contributed by atoms with Crippen LogP contribution in [0.25, 0.3) is 10.9 Å². The Hall–Kier alpha value is -2.26. The Morgan fingerprint density at radius 2 is 1.75 bits per heavy atom. The van der Waals surface area contributed by atoms with Gasteiger partial charge in [-0.25, -0.2) is 0 Å². The molecule has 0 bridgehead atoms. The smallest absolute Gasteiger partial charge is 0.0668 e. The van der Waals surface area contributed by atoms with Crippen molar-refractivity contribution < 1.29 is 0 Å². The van der Waals surface area contributed by atoms with Crippen molar-refractivity contribution in [3.05, 3.63) is 60.8 Å². The SMILES string of the molecule is CC(N)CN(c1ccccc1)c1c[nH]c2ccccc12. The second-order valence-electron chi connectivity index (χ2n) is 5.14. The van der Waals surface area contributed by atoms with E-state index in [-0.39, 0.29) is 6.04 Å². The first-order valence-electron chi connectivity index (χ1n) is 6.90. The molecule has 1 atom stereocenters. The molecule has 3 nitrogen and oxygen atoms in total. The molecular formula is C17H19N3. The molecule has 0 radical (unpaired) electrons. The van der Waals surface area contributed by atoms with Gasteiger partial charge in [0.1, 0.15) is 0 Å². The van der Waals surface area contributed by atoms with Gasteiger partial charge < -0.3 is 15.6 Å². The van der Waals surface area contributed by atoms with E-state index in [1.807, 2.05) is 19.1 Å². The Morgan fingerprint density at radius 3 is 2.50 bits per heavy atom. The average Bonchev–Trinajstić information content (AvgIpc) is 2.89. The number of aromatic amines is 1. The Bertz CT molecular complexity index is 686.